The first-order chi connectivity index (χ1) is 13.6. The molecule has 0 bridgehead atoms. The van der Waals surface area contributed by atoms with Gasteiger partial charge in [0, 0.05) is 30.6 Å². The van der Waals surface area contributed by atoms with Crippen molar-refractivity contribution in [2.45, 2.75) is 44.6 Å². The molecule has 1 spiro atoms. The number of nitrogen functional groups attached to an aromatic ring is 1. The summed E-state index contributed by atoms with van der Waals surface area (Å²) in [6, 6.07) is 12.6. The minimum absolute atomic E-state index is 0.00740. The van der Waals surface area contributed by atoms with Gasteiger partial charge >= 0.3 is 0 Å². The van der Waals surface area contributed by atoms with Gasteiger partial charge in [-0.15, -0.1) is 0 Å². The fourth-order valence-electron chi connectivity index (χ4n) is 5.15. The number of piperidine rings is 1. The second-order valence-corrected chi connectivity index (χ2v) is 8.42. The molecule has 0 amide bonds. The quantitative estimate of drug-likeness (QED) is 0.652. The van der Waals surface area contributed by atoms with Crippen molar-refractivity contribution in [3.05, 3.63) is 47.7 Å². The minimum Gasteiger partial charge on any atom is -0.392 e. The number of anilines is 2. The lowest BCUT2D eigenvalue weighted by Crippen LogP contribution is -2.47. The molecule has 0 radical (unpaired) electrons. The zero-order valence-electron chi connectivity index (χ0n) is 16.1. The molecule has 6 heteroatoms. The predicted octanol–water partition coefficient (Wildman–Crippen LogP) is 3.26. The number of aromatic amines is 1. The normalized spacial score (nSPS) is 25.0. The molecule has 4 N–H and O–H groups in total. The van der Waals surface area contributed by atoms with Crippen molar-refractivity contribution in [2.75, 3.05) is 23.7 Å². The SMILES string of the molecule is Nc1nc(N2CCC[C@]3(CCC[C@H]3O)C2)c2cc(Cc3ccccc3)[nH]c2n1. The Morgan fingerprint density at radius 2 is 2.00 bits per heavy atom. The molecule has 3 heterocycles. The van der Waals surface area contributed by atoms with E-state index in [0.717, 1.165) is 74.2 Å². The maximum absolute atomic E-state index is 10.6. The Bertz CT molecular complexity index is 985. The molecule has 2 atom stereocenters. The fraction of sp³-hybridized carbons (Fsp3) is 0.455. The predicted molar refractivity (Wildman–Crippen MR) is 111 cm³/mol. The van der Waals surface area contributed by atoms with Crippen molar-refractivity contribution in [1.82, 2.24) is 15.0 Å². The lowest BCUT2D eigenvalue weighted by molar-refractivity contribution is 0.0408. The van der Waals surface area contributed by atoms with Crippen molar-refractivity contribution in [3.8, 4) is 0 Å². The summed E-state index contributed by atoms with van der Waals surface area (Å²) in [6.45, 7) is 1.79. The summed E-state index contributed by atoms with van der Waals surface area (Å²) in [5, 5.41) is 11.6. The van der Waals surface area contributed by atoms with Gasteiger partial charge in [-0.3, -0.25) is 0 Å². The molecule has 3 aromatic rings. The molecule has 2 fully saturated rings. The number of nitrogens with two attached hydrogens (primary N) is 1. The fourth-order valence-corrected chi connectivity index (χ4v) is 5.15. The van der Waals surface area contributed by atoms with E-state index in [9.17, 15) is 5.11 Å². The van der Waals surface area contributed by atoms with Crippen LogP contribution in [0.5, 0.6) is 0 Å². The van der Waals surface area contributed by atoms with Crippen LogP contribution in [0.2, 0.25) is 0 Å². The van der Waals surface area contributed by atoms with Crippen LogP contribution in [-0.2, 0) is 6.42 Å². The summed E-state index contributed by atoms with van der Waals surface area (Å²) in [7, 11) is 0. The van der Waals surface area contributed by atoms with E-state index in [1.54, 1.807) is 0 Å². The number of aliphatic hydroxyl groups is 1. The first kappa shape index (κ1) is 17.5. The average Bonchev–Trinajstić information content (AvgIpc) is 3.25. The smallest absolute Gasteiger partial charge is 0.223 e. The van der Waals surface area contributed by atoms with Gasteiger partial charge in [0.05, 0.1) is 11.5 Å². The maximum atomic E-state index is 10.6. The van der Waals surface area contributed by atoms with Crippen LogP contribution in [0, 0.1) is 5.41 Å². The summed E-state index contributed by atoms with van der Waals surface area (Å²) in [5.74, 6) is 1.19. The monoisotopic (exact) mass is 377 g/mol. The summed E-state index contributed by atoms with van der Waals surface area (Å²) in [6.07, 6.45) is 5.91. The lowest BCUT2D eigenvalue weighted by Gasteiger charge is -2.43. The highest BCUT2D eigenvalue weighted by atomic mass is 16.3. The van der Waals surface area contributed by atoms with Crippen LogP contribution in [0.1, 0.15) is 43.4 Å². The zero-order valence-corrected chi connectivity index (χ0v) is 16.1. The summed E-state index contributed by atoms with van der Waals surface area (Å²) in [4.78, 5) is 14.8. The Morgan fingerprint density at radius 1 is 1.18 bits per heavy atom. The van der Waals surface area contributed by atoms with Gasteiger partial charge in [-0.2, -0.15) is 9.97 Å². The summed E-state index contributed by atoms with van der Waals surface area (Å²) < 4.78 is 0. The summed E-state index contributed by atoms with van der Waals surface area (Å²) >= 11 is 0. The highest BCUT2D eigenvalue weighted by molar-refractivity contribution is 5.89. The van der Waals surface area contributed by atoms with Crippen LogP contribution in [0.4, 0.5) is 11.8 Å². The molecular formula is C22H27N5O. The van der Waals surface area contributed by atoms with Gasteiger partial charge in [0.1, 0.15) is 11.5 Å². The number of aliphatic hydroxyl groups excluding tert-OH is 1. The van der Waals surface area contributed by atoms with Crippen molar-refractivity contribution in [3.63, 3.8) is 0 Å². The third-order valence-electron chi connectivity index (χ3n) is 6.54. The molecule has 0 unspecified atom stereocenters. The third-order valence-corrected chi connectivity index (χ3v) is 6.54. The molecule has 2 aliphatic rings. The lowest BCUT2D eigenvalue weighted by atomic mass is 9.76. The van der Waals surface area contributed by atoms with Gasteiger partial charge in [-0.1, -0.05) is 36.8 Å². The van der Waals surface area contributed by atoms with Crippen LogP contribution in [0.25, 0.3) is 11.0 Å². The second kappa shape index (κ2) is 6.78. The van der Waals surface area contributed by atoms with E-state index >= 15 is 0 Å². The van der Waals surface area contributed by atoms with E-state index in [2.05, 4.69) is 50.2 Å². The molecule has 1 saturated heterocycles. The topological polar surface area (TPSA) is 91.1 Å². The molecule has 5 rings (SSSR count). The zero-order chi connectivity index (χ0) is 19.1. The van der Waals surface area contributed by atoms with E-state index in [1.807, 2.05) is 6.07 Å². The van der Waals surface area contributed by atoms with Crippen LogP contribution in [0.15, 0.2) is 36.4 Å². The molecule has 28 heavy (non-hydrogen) atoms. The third kappa shape index (κ3) is 3.02. The Kier molecular flexibility index (Phi) is 4.23. The molecule has 1 aromatic carbocycles. The van der Waals surface area contributed by atoms with E-state index in [-0.39, 0.29) is 11.5 Å². The number of nitrogens with one attached hydrogen (secondary N) is 1. The molecule has 1 saturated carbocycles. The number of fused-ring (bicyclic) bond motifs is 1. The van der Waals surface area contributed by atoms with Gasteiger partial charge in [-0.05, 0) is 37.3 Å². The van der Waals surface area contributed by atoms with Crippen LogP contribution >= 0.6 is 0 Å². The van der Waals surface area contributed by atoms with Gasteiger partial charge in [0.2, 0.25) is 5.95 Å². The highest BCUT2D eigenvalue weighted by Crippen LogP contribution is 2.46. The van der Waals surface area contributed by atoms with Gasteiger partial charge in [0.15, 0.2) is 0 Å². The first-order valence-corrected chi connectivity index (χ1v) is 10.3. The molecule has 6 nitrogen and oxygen atoms in total. The Labute approximate surface area is 164 Å². The van der Waals surface area contributed by atoms with Crippen molar-refractivity contribution < 1.29 is 5.11 Å². The molecule has 1 aliphatic heterocycles. The molecule has 2 aromatic heterocycles. The highest BCUT2D eigenvalue weighted by Gasteiger charge is 2.45. The number of rotatable bonds is 3. The Hall–Kier alpha value is -2.60. The van der Waals surface area contributed by atoms with Gasteiger partial charge < -0.3 is 20.7 Å². The number of aromatic nitrogens is 3. The number of nitrogens with zero attached hydrogens (tertiary/aromatic N) is 3. The van der Waals surface area contributed by atoms with Crippen LogP contribution < -0.4 is 10.6 Å². The number of benzene rings is 1. The molecule has 146 valence electrons. The van der Waals surface area contributed by atoms with E-state index < -0.39 is 0 Å². The van der Waals surface area contributed by atoms with Crippen LogP contribution in [-0.4, -0.2) is 39.3 Å². The van der Waals surface area contributed by atoms with E-state index in [1.165, 1.54) is 5.56 Å². The van der Waals surface area contributed by atoms with Crippen LogP contribution in [0.3, 0.4) is 0 Å². The molecular weight excluding hydrogens is 350 g/mol. The first-order valence-electron chi connectivity index (χ1n) is 10.3. The van der Waals surface area contributed by atoms with Crippen molar-refractivity contribution in [1.29, 1.82) is 0 Å². The van der Waals surface area contributed by atoms with E-state index in [4.69, 9.17) is 5.73 Å². The standard InChI is InChI=1S/C22H27N5O/c23-21-25-19-17(13-16(24-19)12-15-6-2-1-3-7-15)20(26-21)27-11-5-10-22(14-27)9-4-8-18(22)28/h1-3,6-7,13,18,28H,4-5,8-12,14H2,(H3,23,24,25,26)/t18-,22-/m1/s1. The summed E-state index contributed by atoms with van der Waals surface area (Å²) in [5.41, 5.74) is 9.21. The van der Waals surface area contributed by atoms with Crippen molar-refractivity contribution in [2.24, 2.45) is 5.41 Å². The van der Waals surface area contributed by atoms with Gasteiger partial charge in [-0.25, -0.2) is 0 Å². The number of H-pyrrole nitrogens is 1. The van der Waals surface area contributed by atoms with Crippen molar-refractivity contribution >= 4 is 22.8 Å². The minimum atomic E-state index is -0.204. The average molecular weight is 377 g/mol. The number of hydrogen-bond acceptors (Lipinski definition) is 5. The largest absolute Gasteiger partial charge is 0.392 e. The van der Waals surface area contributed by atoms with Gasteiger partial charge in [0.25, 0.3) is 0 Å². The Morgan fingerprint density at radius 3 is 2.79 bits per heavy atom. The van der Waals surface area contributed by atoms with E-state index in [0.29, 0.717) is 5.95 Å². The second-order valence-electron chi connectivity index (χ2n) is 8.42. The number of hydrogen-bond donors (Lipinski definition) is 3. The maximum Gasteiger partial charge on any atom is 0.223 e. The Balaban J connectivity index is 1.50. The molecule has 1 aliphatic carbocycles.